The summed E-state index contributed by atoms with van der Waals surface area (Å²) in [5.41, 5.74) is 2.02. The molecule has 130 valence electrons. The second kappa shape index (κ2) is 7.13. The normalized spacial score (nSPS) is 17.9. The fraction of sp³-hybridized carbons (Fsp3) is 0.400. The van der Waals surface area contributed by atoms with Crippen molar-refractivity contribution in [3.8, 4) is 0 Å². The zero-order valence-corrected chi connectivity index (χ0v) is 14.4. The van der Waals surface area contributed by atoms with Crippen LogP contribution in [-0.2, 0) is 11.3 Å². The van der Waals surface area contributed by atoms with Crippen molar-refractivity contribution in [3.63, 3.8) is 0 Å². The Morgan fingerprint density at radius 1 is 1.16 bits per heavy atom. The minimum atomic E-state index is 0.0835. The number of benzene rings is 1. The fourth-order valence-corrected chi connectivity index (χ4v) is 3.72. The van der Waals surface area contributed by atoms with Crippen LogP contribution in [0.25, 0.3) is 11.0 Å². The summed E-state index contributed by atoms with van der Waals surface area (Å²) in [5, 5.41) is 0. The van der Waals surface area contributed by atoms with Crippen LogP contribution in [0.1, 0.15) is 44.0 Å². The van der Waals surface area contributed by atoms with E-state index in [9.17, 15) is 4.79 Å². The van der Waals surface area contributed by atoms with Crippen LogP contribution in [-0.4, -0.2) is 31.9 Å². The molecule has 3 heterocycles. The van der Waals surface area contributed by atoms with E-state index in [1.54, 1.807) is 0 Å². The molecule has 1 atom stereocenters. The number of amides is 1. The molecule has 1 aliphatic rings. The van der Waals surface area contributed by atoms with Crippen LogP contribution in [0, 0.1) is 0 Å². The molecule has 0 saturated carbocycles. The van der Waals surface area contributed by atoms with Gasteiger partial charge in [0.05, 0.1) is 17.1 Å². The topological polar surface area (TPSA) is 53.9 Å². The molecule has 0 radical (unpaired) electrons. The molecule has 1 N–H and O–H groups in total. The van der Waals surface area contributed by atoms with E-state index < -0.39 is 0 Å². The predicted octanol–water partition coefficient (Wildman–Crippen LogP) is 3.90. The summed E-state index contributed by atoms with van der Waals surface area (Å²) in [4.78, 5) is 23.0. The summed E-state index contributed by atoms with van der Waals surface area (Å²) in [6, 6.07) is 12.2. The van der Waals surface area contributed by atoms with Crippen LogP contribution in [0.2, 0.25) is 0 Å². The molecular weight excluding hydrogens is 312 g/mol. The quantitative estimate of drug-likeness (QED) is 0.768. The standard InChI is InChI=1S/C20H24N4O/c25-19(11-7-14-23-12-5-6-13-23)24-15-4-3-10-18(24)20-21-16-8-1-2-9-17(16)22-20/h1-2,5-6,8-9,12-13,18H,3-4,7,10-11,14-15H2,(H,21,22)/t18-/m0/s1. The first kappa shape index (κ1) is 15.9. The average molecular weight is 336 g/mol. The first-order valence-electron chi connectivity index (χ1n) is 9.16. The van der Waals surface area contributed by atoms with Crippen molar-refractivity contribution in [1.29, 1.82) is 0 Å². The van der Waals surface area contributed by atoms with E-state index >= 15 is 0 Å². The fourth-order valence-electron chi connectivity index (χ4n) is 3.72. The van der Waals surface area contributed by atoms with Crippen molar-refractivity contribution in [3.05, 3.63) is 54.6 Å². The molecular formula is C20H24N4O. The minimum Gasteiger partial charge on any atom is -0.354 e. The van der Waals surface area contributed by atoms with E-state index in [2.05, 4.69) is 9.55 Å². The van der Waals surface area contributed by atoms with Crippen LogP contribution >= 0.6 is 0 Å². The number of piperidine rings is 1. The van der Waals surface area contributed by atoms with Gasteiger partial charge in [0.2, 0.25) is 5.91 Å². The minimum absolute atomic E-state index is 0.0835. The number of aromatic amines is 1. The number of hydrogen-bond acceptors (Lipinski definition) is 2. The molecule has 4 rings (SSSR count). The lowest BCUT2D eigenvalue weighted by molar-refractivity contribution is -0.135. The van der Waals surface area contributed by atoms with E-state index in [4.69, 9.17) is 4.98 Å². The van der Waals surface area contributed by atoms with E-state index in [-0.39, 0.29) is 11.9 Å². The number of imidazole rings is 1. The van der Waals surface area contributed by atoms with Crippen LogP contribution in [0.4, 0.5) is 0 Å². The number of aryl methyl sites for hydroxylation is 1. The van der Waals surface area contributed by atoms with Gasteiger partial charge in [-0.1, -0.05) is 12.1 Å². The number of fused-ring (bicyclic) bond motifs is 1. The number of carbonyl (C=O) groups is 1. The van der Waals surface area contributed by atoms with E-state index in [1.165, 1.54) is 0 Å². The summed E-state index contributed by atoms with van der Waals surface area (Å²) >= 11 is 0. The molecule has 1 aromatic carbocycles. The van der Waals surface area contributed by atoms with Gasteiger partial charge in [-0.3, -0.25) is 4.79 Å². The molecule has 5 nitrogen and oxygen atoms in total. The van der Waals surface area contributed by atoms with Gasteiger partial charge in [-0.25, -0.2) is 4.98 Å². The zero-order chi connectivity index (χ0) is 17.1. The van der Waals surface area contributed by atoms with E-state index in [1.807, 2.05) is 53.7 Å². The van der Waals surface area contributed by atoms with Gasteiger partial charge in [-0.15, -0.1) is 0 Å². The number of para-hydroxylation sites is 2. The van der Waals surface area contributed by atoms with Crippen molar-refractivity contribution in [2.45, 2.75) is 44.7 Å². The molecule has 25 heavy (non-hydrogen) atoms. The number of rotatable bonds is 5. The largest absolute Gasteiger partial charge is 0.354 e. The van der Waals surface area contributed by atoms with Gasteiger partial charge in [0, 0.05) is 31.9 Å². The number of aromatic nitrogens is 3. The molecule has 1 aliphatic heterocycles. The Hall–Kier alpha value is -2.56. The molecule has 1 amide bonds. The summed E-state index contributed by atoms with van der Waals surface area (Å²) in [6.45, 7) is 1.73. The molecule has 3 aromatic rings. The third kappa shape index (κ3) is 3.45. The first-order valence-corrected chi connectivity index (χ1v) is 9.16. The van der Waals surface area contributed by atoms with Gasteiger partial charge in [-0.05, 0) is 49.9 Å². The van der Waals surface area contributed by atoms with Crippen LogP contribution in [0.3, 0.4) is 0 Å². The third-order valence-electron chi connectivity index (χ3n) is 5.02. The van der Waals surface area contributed by atoms with Gasteiger partial charge < -0.3 is 14.5 Å². The predicted molar refractivity (Wildman–Crippen MR) is 98.1 cm³/mol. The van der Waals surface area contributed by atoms with Gasteiger partial charge >= 0.3 is 0 Å². The maximum absolute atomic E-state index is 12.8. The van der Waals surface area contributed by atoms with E-state index in [0.717, 1.165) is 55.6 Å². The Bertz CT molecular complexity index is 803. The second-order valence-electron chi connectivity index (χ2n) is 6.76. The molecule has 0 aliphatic carbocycles. The van der Waals surface area contributed by atoms with Crippen molar-refractivity contribution < 1.29 is 4.79 Å². The lowest BCUT2D eigenvalue weighted by Crippen LogP contribution is -2.39. The maximum Gasteiger partial charge on any atom is 0.223 e. The van der Waals surface area contributed by atoms with Gasteiger partial charge in [-0.2, -0.15) is 0 Å². The maximum atomic E-state index is 12.8. The molecule has 2 aromatic heterocycles. The number of likely N-dealkylation sites (tertiary alicyclic amines) is 1. The number of nitrogens with zero attached hydrogens (tertiary/aromatic N) is 3. The summed E-state index contributed by atoms with van der Waals surface area (Å²) < 4.78 is 2.13. The van der Waals surface area contributed by atoms with Crippen molar-refractivity contribution in [2.75, 3.05) is 6.54 Å². The highest BCUT2D eigenvalue weighted by molar-refractivity contribution is 5.77. The summed E-state index contributed by atoms with van der Waals surface area (Å²) in [5.74, 6) is 1.18. The number of H-pyrrole nitrogens is 1. The smallest absolute Gasteiger partial charge is 0.223 e. The highest BCUT2D eigenvalue weighted by atomic mass is 16.2. The Balaban J connectivity index is 1.45. The Labute approximate surface area is 147 Å². The zero-order valence-electron chi connectivity index (χ0n) is 14.4. The first-order chi connectivity index (χ1) is 12.3. The van der Waals surface area contributed by atoms with Gasteiger partial charge in [0.25, 0.3) is 0 Å². The Morgan fingerprint density at radius 2 is 2.00 bits per heavy atom. The van der Waals surface area contributed by atoms with E-state index in [0.29, 0.717) is 6.42 Å². The molecule has 5 heteroatoms. The number of hydrogen-bond donors (Lipinski definition) is 1. The summed E-state index contributed by atoms with van der Waals surface area (Å²) in [7, 11) is 0. The molecule has 1 fully saturated rings. The van der Waals surface area contributed by atoms with Gasteiger partial charge in [0.1, 0.15) is 5.82 Å². The average Bonchev–Trinajstić information content (AvgIpc) is 3.31. The Kier molecular flexibility index (Phi) is 4.55. The molecule has 0 bridgehead atoms. The monoisotopic (exact) mass is 336 g/mol. The van der Waals surface area contributed by atoms with Crippen molar-refractivity contribution >= 4 is 16.9 Å². The summed E-state index contributed by atoms with van der Waals surface area (Å²) in [6.07, 6.45) is 8.77. The van der Waals surface area contributed by atoms with Crippen molar-refractivity contribution in [1.82, 2.24) is 19.4 Å². The molecule has 0 unspecified atom stereocenters. The second-order valence-corrected chi connectivity index (χ2v) is 6.76. The Morgan fingerprint density at radius 3 is 2.84 bits per heavy atom. The lowest BCUT2D eigenvalue weighted by Gasteiger charge is -2.34. The van der Waals surface area contributed by atoms with Crippen molar-refractivity contribution in [2.24, 2.45) is 0 Å². The third-order valence-corrected chi connectivity index (χ3v) is 5.02. The highest BCUT2D eigenvalue weighted by Crippen LogP contribution is 2.31. The van der Waals surface area contributed by atoms with Crippen LogP contribution < -0.4 is 0 Å². The van der Waals surface area contributed by atoms with Crippen LogP contribution in [0.5, 0.6) is 0 Å². The number of carbonyl (C=O) groups excluding carboxylic acids is 1. The molecule has 0 spiro atoms. The van der Waals surface area contributed by atoms with Gasteiger partial charge in [0.15, 0.2) is 0 Å². The van der Waals surface area contributed by atoms with Crippen LogP contribution in [0.15, 0.2) is 48.8 Å². The molecule has 1 saturated heterocycles. The lowest BCUT2D eigenvalue weighted by atomic mass is 10.0. The SMILES string of the molecule is O=C(CCCn1cccc1)N1CCCC[C@H]1c1nc2ccccc2[nH]1. The number of nitrogens with one attached hydrogen (secondary N) is 1. The highest BCUT2D eigenvalue weighted by Gasteiger charge is 2.29.